The average Bonchev–Trinajstić information content (AvgIpc) is 2.03. The number of nitrogens with zero attached hydrogens (tertiary/aromatic N) is 1. The Balaban J connectivity index is 3.46. The van der Waals surface area contributed by atoms with Gasteiger partial charge in [-0.1, -0.05) is 0 Å². The number of hydrogen-bond donors (Lipinski definition) is 2. The first kappa shape index (κ1) is 12.3. The third kappa shape index (κ3) is 5.54. The highest BCUT2D eigenvalue weighted by Crippen LogP contribution is 2.11. The fourth-order valence-corrected chi connectivity index (χ4v) is 0.824. The molecule has 0 radical (unpaired) electrons. The molecule has 0 aromatic heterocycles. The molecule has 5 nitrogen and oxygen atoms in total. The minimum atomic E-state index is -0.813. The van der Waals surface area contributed by atoms with Crippen molar-refractivity contribution >= 4 is 0 Å². The highest BCUT2D eigenvalue weighted by atomic mass is 16.6. The van der Waals surface area contributed by atoms with Gasteiger partial charge in [-0.15, -0.1) is 0 Å². The highest BCUT2D eigenvalue weighted by molar-refractivity contribution is 4.68. The Labute approximate surface area is 79.0 Å². The zero-order valence-corrected chi connectivity index (χ0v) is 8.59. The lowest BCUT2D eigenvalue weighted by Gasteiger charge is -2.15. The average molecular weight is 189 g/mol. The van der Waals surface area contributed by atoms with Gasteiger partial charge in [-0.2, -0.15) is 0 Å². The van der Waals surface area contributed by atoms with Crippen molar-refractivity contribution < 1.29 is 4.92 Å². The molecule has 0 aliphatic carbocycles. The van der Waals surface area contributed by atoms with Crippen LogP contribution in [0.5, 0.6) is 0 Å². The molecule has 0 aromatic rings. The van der Waals surface area contributed by atoms with Gasteiger partial charge in [0, 0.05) is 44.8 Å². The summed E-state index contributed by atoms with van der Waals surface area (Å²) in [5, 5.41) is 16.6. The van der Waals surface area contributed by atoms with Crippen LogP contribution in [0.15, 0.2) is 0 Å². The lowest BCUT2D eigenvalue weighted by Crippen LogP contribution is -2.36. The van der Waals surface area contributed by atoms with E-state index in [1.165, 1.54) is 0 Å². The van der Waals surface area contributed by atoms with Crippen molar-refractivity contribution in [3.63, 3.8) is 0 Å². The van der Waals surface area contributed by atoms with Crippen molar-refractivity contribution in [3.05, 3.63) is 10.1 Å². The van der Waals surface area contributed by atoms with Gasteiger partial charge < -0.3 is 10.6 Å². The molecule has 78 valence electrons. The van der Waals surface area contributed by atoms with Crippen molar-refractivity contribution in [2.24, 2.45) is 0 Å². The quantitative estimate of drug-likeness (QED) is 0.342. The molecule has 0 aliphatic heterocycles. The maximum atomic E-state index is 10.5. The maximum absolute atomic E-state index is 10.5. The van der Waals surface area contributed by atoms with Crippen molar-refractivity contribution in [1.29, 1.82) is 0 Å². The Hall–Kier alpha value is -0.680. The molecule has 5 heteroatoms. The SMILES string of the molecule is CNCCNCCC(C)(C)[N+](=O)[O-]. The Bertz CT molecular complexity index is 159. The fraction of sp³-hybridized carbons (Fsp3) is 1.00. The van der Waals surface area contributed by atoms with Crippen LogP contribution in [0, 0.1) is 10.1 Å². The predicted molar refractivity (Wildman–Crippen MR) is 52.5 cm³/mol. The summed E-state index contributed by atoms with van der Waals surface area (Å²) in [6, 6.07) is 0. The summed E-state index contributed by atoms with van der Waals surface area (Å²) in [4.78, 5) is 10.3. The molecular weight excluding hydrogens is 170 g/mol. The third-order valence-corrected chi connectivity index (χ3v) is 1.96. The van der Waals surface area contributed by atoms with Crippen LogP contribution in [0.4, 0.5) is 0 Å². The summed E-state index contributed by atoms with van der Waals surface area (Å²) in [7, 11) is 1.88. The summed E-state index contributed by atoms with van der Waals surface area (Å²) in [5.74, 6) is 0. The second-order valence-electron chi connectivity index (χ2n) is 3.67. The molecule has 0 aromatic carbocycles. The largest absolute Gasteiger partial charge is 0.318 e. The molecule has 0 heterocycles. The minimum absolute atomic E-state index is 0.229. The Morgan fingerprint density at radius 2 is 1.92 bits per heavy atom. The van der Waals surface area contributed by atoms with E-state index < -0.39 is 5.54 Å². The van der Waals surface area contributed by atoms with Gasteiger partial charge in [0.25, 0.3) is 0 Å². The highest BCUT2D eigenvalue weighted by Gasteiger charge is 2.29. The number of nitro groups is 1. The van der Waals surface area contributed by atoms with Crippen LogP contribution in [0.25, 0.3) is 0 Å². The topological polar surface area (TPSA) is 67.2 Å². The molecule has 0 fully saturated rings. The molecular formula is C8H19N3O2. The van der Waals surface area contributed by atoms with E-state index >= 15 is 0 Å². The van der Waals surface area contributed by atoms with Gasteiger partial charge in [0.2, 0.25) is 5.54 Å². The monoisotopic (exact) mass is 189 g/mol. The molecule has 0 amide bonds. The van der Waals surface area contributed by atoms with Crippen molar-refractivity contribution in [2.75, 3.05) is 26.7 Å². The molecule has 13 heavy (non-hydrogen) atoms. The van der Waals surface area contributed by atoms with Crippen molar-refractivity contribution in [1.82, 2.24) is 10.6 Å². The number of hydrogen-bond acceptors (Lipinski definition) is 4. The first-order chi connectivity index (χ1) is 6.00. The smallest absolute Gasteiger partial charge is 0.218 e. The summed E-state index contributed by atoms with van der Waals surface area (Å²) < 4.78 is 0. The molecule has 0 saturated carbocycles. The van der Waals surface area contributed by atoms with Crippen LogP contribution in [0.1, 0.15) is 20.3 Å². The minimum Gasteiger partial charge on any atom is -0.318 e. The van der Waals surface area contributed by atoms with E-state index in [4.69, 9.17) is 0 Å². The van der Waals surface area contributed by atoms with Gasteiger partial charge in [0.05, 0.1) is 0 Å². The number of rotatable bonds is 7. The lowest BCUT2D eigenvalue weighted by molar-refractivity contribution is -0.561. The standard InChI is InChI=1S/C8H19N3O2/c1-8(2,11(12)13)4-5-10-7-6-9-3/h9-10H,4-7H2,1-3H3. The number of likely N-dealkylation sites (N-methyl/N-ethyl adjacent to an activating group) is 1. The Morgan fingerprint density at radius 3 is 2.38 bits per heavy atom. The molecule has 0 aliphatic rings. The van der Waals surface area contributed by atoms with Crippen molar-refractivity contribution in [3.8, 4) is 0 Å². The predicted octanol–water partition coefficient (Wildman–Crippen LogP) is 0.241. The van der Waals surface area contributed by atoms with E-state index in [9.17, 15) is 10.1 Å². The maximum Gasteiger partial charge on any atom is 0.218 e. The van der Waals surface area contributed by atoms with Crippen LogP contribution >= 0.6 is 0 Å². The van der Waals surface area contributed by atoms with Gasteiger partial charge >= 0.3 is 0 Å². The van der Waals surface area contributed by atoms with E-state index in [2.05, 4.69) is 10.6 Å². The lowest BCUT2D eigenvalue weighted by atomic mass is 10.0. The summed E-state index contributed by atoms with van der Waals surface area (Å²) in [6.07, 6.45) is 0.559. The molecule has 0 spiro atoms. The van der Waals surface area contributed by atoms with E-state index in [1.54, 1.807) is 13.8 Å². The summed E-state index contributed by atoms with van der Waals surface area (Å²) >= 11 is 0. The molecule has 0 atom stereocenters. The normalized spacial score (nSPS) is 11.6. The van der Waals surface area contributed by atoms with Crippen molar-refractivity contribution in [2.45, 2.75) is 25.8 Å². The molecule has 0 saturated heterocycles. The van der Waals surface area contributed by atoms with Gasteiger partial charge in [0.15, 0.2) is 0 Å². The van der Waals surface area contributed by atoms with Crippen LogP contribution in [0.3, 0.4) is 0 Å². The first-order valence-electron chi connectivity index (χ1n) is 4.50. The second-order valence-corrected chi connectivity index (χ2v) is 3.67. The second kappa shape index (κ2) is 5.88. The zero-order valence-electron chi connectivity index (χ0n) is 8.59. The van der Waals surface area contributed by atoms with E-state index in [0.717, 1.165) is 13.1 Å². The van der Waals surface area contributed by atoms with E-state index in [0.29, 0.717) is 13.0 Å². The van der Waals surface area contributed by atoms with Crippen LogP contribution < -0.4 is 10.6 Å². The first-order valence-corrected chi connectivity index (χ1v) is 4.50. The van der Waals surface area contributed by atoms with Crippen LogP contribution in [-0.4, -0.2) is 37.1 Å². The molecule has 0 rings (SSSR count). The van der Waals surface area contributed by atoms with Gasteiger partial charge in [-0.3, -0.25) is 10.1 Å². The molecule has 2 N–H and O–H groups in total. The summed E-state index contributed by atoms with van der Waals surface area (Å²) in [6.45, 7) is 5.72. The Morgan fingerprint density at radius 1 is 1.31 bits per heavy atom. The molecule has 0 bridgehead atoms. The zero-order chi connectivity index (χ0) is 10.3. The molecule has 0 unspecified atom stereocenters. The van der Waals surface area contributed by atoms with Crippen LogP contribution in [0.2, 0.25) is 0 Å². The third-order valence-electron chi connectivity index (χ3n) is 1.96. The van der Waals surface area contributed by atoms with Gasteiger partial charge in [0.1, 0.15) is 0 Å². The van der Waals surface area contributed by atoms with E-state index in [-0.39, 0.29) is 4.92 Å². The number of nitrogens with one attached hydrogen (secondary N) is 2. The van der Waals surface area contributed by atoms with Gasteiger partial charge in [-0.05, 0) is 7.05 Å². The fourth-order valence-electron chi connectivity index (χ4n) is 0.824. The van der Waals surface area contributed by atoms with E-state index in [1.807, 2.05) is 7.05 Å². The Kier molecular flexibility index (Phi) is 5.57. The van der Waals surface area contributed by atoms with Crippen LogP contribution in [-0.2, 0) is 0 Å². The van der Waals surface area contributed by atoms with Gasteiger partial charge in [-0.25, -0.2) is 0 Å². The summed E-state index contributed by atoms with van der Waals surface area (Å²) in [5.41, 5.74) is -0.813.